The molecule has 3 rings (SSSR count). The van der Waals surface area contributed by atoms with Crippen molar-refractivity contribution in [1.82, 2.24) is 19.9 Å². The summed E-state index contributed by atoms with van der Waals surface area (Å²) in [5, 5.41) is 3.97. The van der Waals surface area contributed by atoms with E-state index in [0.717, 1.165) is 63.7 Å². The van der Waals surface area contributed by atoms with Gasteiger partial charge in [0.05, 0.1) is 12.2 Å². The van der Waals surface area contributed by atoms with Gasteiger partial charge in [-0.3, -0.25) is 14.6 Å². The number of amides is 1. The van der Waals surface area contributed by atoms with E-state index in [1.165, 1.54) is 0 Å². The Morgan fingerprint density at radius 1 is 1.30 bits per heavy atom. The van der Waals surface area contributed by atoms with Gasteiger partial charge in [0.1, 0.15) is 0 Å². The molecule has 2 aliphatic rings. The first kappa shape index (κ1) is 16.5. The lowest BCUT2D eigenvalue weighted by Crippen LogP contribution is -2.42. The standard InChI is InChI=1S/C17H28N4O2/c1-13-10-19(11-16-9-14(2)18-23-16)12-17(13)21-6-4-5-20(7-8-21)15(3)22/h9,13,17H,4-8,10-12H2,1-3H3/t13-,17+/m0/s1. The summed E-state index contributed by atoms with van der Waals surface area (Å²) in [6.45, 7) is 12.8. The van der Waals surface area contributed by atoms with Crippen LogP contribution in [0.5, 0.6) is 0 Å². The molecule has 2 atom stereocenters. The van der Waals surface area contributed by atoms with Crippen molar-refractivity contribution in [2.45, 2.75) is 39.8 Å². The lowest BCUT2D eigenvalue weighted by atomic mass is 10.0. The second kappa shape index (κ2) is 7.01. The first-order valence-corrected chi connectivity index (χ1v) is 8.67. The van der Waals surface area contributed by atoms with E-state index in [0.29, 0.717) is 12.0 Å². The summed E-state index contributed by atoms with van der Waals surface area (Å²) in [6.07, 6.45) is 1.07. The van der Waals surface area contributed by atoms with Gasteiger partial charge in [0.2, 0.25) is 5.91 Å². The zero-order valence-corrected chi connectivity index (χ0v) is 14.5. The van der Waals surface area contributed by atoms with Crippen LogP contribution < -0.4 is 0 Å². The largest absolute Gasteiger partial charge is 0.360 e. The lowest BCUT2D eigenvalue weighted by Gasteiger charge is -2.30. The maximum atomic E-state index is 11.6. The Hall–Kier alpha value is -1.40. The quantitative estimate of drug-likeness (QED) is 0.842. The van der Waals surface area contributed by atoms with E-state index in [2.05, 4.69) is 21.9 Å². The minimum absolute atomic E-state index is 0.202. The highest BCUT2D eigenvalue weighted by atomic mass is 16.5. The third-order valence-corrected chi connectivity index (χ3v) is 5.15. The number of aromatic nitrogens is 1. The second-order valence-electron chi connectivity index (χ2n) is 7.07. The number of hydrogen-bond acceptors (Lipinski definition) is 5. The third-order valence-electron chi connectivity index (χ3n) is 5.15. The number of carbonyl (C=O) groups is 1. The number of hydrogen-bond donors (Lipinski definition) is 0. The van der Waals surface area contributed by atoms with E-state index >= 15 is 0 Å². The Kier molecular flexibility index (Phi) is 5.02. The van der Waals surface area contributed by atoms with Crippen LogP contribution in [0, 0.1) is 12.8 Å². The molecular formula is C17H28N4O2. The van der Waals surface area contributed by atoms with Crippen molar-refractivity contribution in [2.24, 2.45) is 5.92 Å². The second-order valence-corrected chi connectivity index (χ2v) is 7.07. The summed E-state index contributed by atoms with van der Waals surface area (Å²) in [7, 11) is 0. The number of rotatable bonds is 3. The van der Waals surface area contributed by atoms with Crippen molar-refractivity contribution in [2.75, 3.05) is 39.3 Å². The van der Waals surface area contributed by atoms with E-state index in [1.807, 2.05) is 17.9 Å². The van der Waals surface area contributed by atoms with Crippen molar-refractivity contribution in [1.29, 1.82) is 0 Å². The van der Waals surface area contributed by atoms with Gasteiger partial charge in [0.15, 0.2) is 5.76 Å². The average molecular weight is 320 g/mol. The highest BCUT2D eigenvalue weighted by Gasteiger charge is 2.35. The van der Waals surface area contributed by atoms with Gasteiger partial charge in [0, 0.05) is 58.3 Å². The summed E-state index contributed by atoms with van der Waals surface area (Å²) in [5.41, 5.74) is 0.945. The number of carbonyl (C=O) groups excluding carboxylic acids is 1. The molecule has 1 aromatic heterocycles. The SMILES string of the molecule is CC(=O)N1CCCN([C@@H]2CN(Cc3cc(C)no3)C[C@@H]2C)CC1. The molecule has 0 radical (unpaired) electrons. The lowest BCUT2D eigenvalue weighted by molar-refractivity contribution is -0.128. The van der Waals surface area contributed by atoms with Crippen molar-refractivity contribution in [3.63, 3.8) is 0 Å². The Bertz CT molecular complexity index is 544. The molecule has 23 heavy (non-hydrogen) atoms. The molecule has 3 heterocycles. The van der Waals surface area contributed by atoms with Crippen LogP contribution in [0.2, 0.25) is 0 Å². The molecular weight excluding hydrogens is 292 g/mol. The summed E-state index contributed by atoms with van der Waals surface area (Å²) in [5.74, 6) is 1.80. The molecule has 0 aliphatic carbocycles. The predicted molar refractivity (Wildman–Crippen MR) is 87.9 cm³/mol. The Labute approximate surface area is 138 Å². The Morgan fingerprint density at radius 3 is 2.83 bits per heavy atom. The van der Waals surface area contributed by atoms with Crippen molar-refractivity contribution in [3.05, 3.63) is 17.5 Å². The molecule has 0 N–H and O–H groups in total. The fourth-order valence-electron chi connectivity index (χ4n) is 3.95. The number of nitrogens with zero attached hydrogens (tertiary/aromatic N) is 4. The molecule has 1 amide bonds. The molecule has 1 aromatic rings. The van der Waals surface area contributed by atoms with Crippen molar-refractivity contribution < 1.29 is 9.32 Å². The molecule has 128 valence electrons. The first-order chi connectivity index (χ1) is 11.0. The summed E-state index contributed by atoms with van der Waals surface area (Å²) in [6, 6.07) is 2.60. The number of likely N-dealkylation sites (tertiary alicyclic amines) is 1. The molecule has 6 heteroatoms. The third kappa shape index (κ3) is 3.93. The molecule has 0 saturated carbocycles. The van der Waals surface area contributed by atoms with Crippen LogP contribution >= 0.6 is 0 Å². The highest BCUT2D eigenvalue weighted by Crippen LogP contribution is 2.24. The highest BCUT2D eigenvalue weighted by molar-refractivity contribution is 5.73. The Morgan fingerprint density at radius 2 is 2.13 bits per heavy atom. The maximum Gasteiger partial charge on any atom is 0.219 e. The van der Waals surface area contributed by atoms with Crippen LogP contribution in [-0.4, -0.2) is 71.1 Å². The minimum atomic E-state index is 0.202. The van der Waals surface area contributed by atoms with Crippen LogP contribution in [0.3, 0.4) is 0 Å². The van der Waals surface area contributed by atoms with Crippen LogP contribution in [0.15, 0.2) is 10.6 Å². The predicted octanol–water partition coefficient (Wildman–Crippen LogP) is 1.36. The first-order valence-electron chi connectivity index (χ1n) is 8.67. The van der Waals surface area contributed by atoms with Crippen LogP contribution in [0.25, 0.3) is 0 Å². The van der Waals surface area contributed by atoms with Crippen LogP contribution in [0.4, 0.5) is 0 Å². The fraction of sp³-hybridized carbons (Fsp3) is 0.765. The molecule has 0 spiro atoms. The van der Waals surface area contributed by atoms with E-state index in [-0.39, 0.29) is 5.91 Å². The summed E-state index contributed by atoms with van der Waals surface area (Å²) < 4.78 is 5.35. The van der Waals surface area contributed by atoms with E-state index in [9.17, 15) is 4.79 Å². The van der Waals surface area contributed by atoms with E-state index in [1.54, 1.807) is 6.92 Å². The minimum Gasteiger partial charge on any atom is -0.360 e. The molecule has 0 bridgehead atoms. The fourth-order valence-corrected chi connectivity index (χ4v) is 3.95. The van der Waals surface area contributed by atoms with Crippen molar-refractivity contribution in [3.8, 4) is 0 Å². The van der Waals surface area contributed by atoms with Crippen molar-refractivity contribution >= 4 is 5.91 Å². The molecule has 2 fully saturated rings. The van der Waals surface area contributed by atoms with Gasteiger partial charge in [-0.2, -0.15) is 0 Å². The van der Waals surface area contributed by atoms with Gasteiger partial charge in [-0.1, -0.05) is 12.1 Å². The van der Waals surface area contributed by atoms with Gasteiger partial charge in [-0.05, 0) is 19.3 Å². The maximum absolute atomic E-state index is 11.6. The van der Waals surface area contributed by atoms with Gasteiger partial charge < -0.3 is 9.42 Å². The van der Waals surface area contributed by atoms with Crippen LogP contribution in [0.1, 0.15) is 31.7 Å². The summed E-state index contributed by atoms with van der Waals surface area (Å²) in [4.78, 5) is 18.6. The van der Waals surface area contributed by atoms with E-state index in [4.69, 9.17) is 4.52 Å². The monoisotopic (exact) mass is 320 g/mol. The van der Waals surface area contributed by atoms with Gasteiger partial charge >= 0.3 is 0 Å². The van der Waals surface area contributed by atoms with Gasteiger partial charge in [-0.25, -0.2) is 0 Å². The molecule has 0 aromatic carbocycles. The smallest absolute Gasteiger partial charge is 0.219 e. The van der Waals surface area contributed by atoms with Gasteiger partial charge in [0.25, 0.3) is 0 Å². The van der Waals surface area contributed by atoms with E-state index < -0.39 is 0 Å². The summed E-state index contributed by atoms with van der Waals surface area (Å²) >= 11 is 0. The molecule has 6 nitrogen and oxygen atoms in total. The topological polar surface area (TPSA) is 52.8 Å². The Balaban J connectivity index is 1.57. The molecule has 0 unspecified atom stereocenters. The molecule has 2 aliphatic heterocycles. The number of aryl methyl sites for hydroxylation is 1. The van der Waals surface area contributed by atoms with Gasteiger partial charge in [-0.15, -0.1) is 0 Å². The molecule has 2 saturated heterocycles. The zero-order chi connectivity index (χ0) is 16.4. The van der Waals surface area contributed by atoms with Crippen LogP contribution in [-0.2, 0) is 11.3 Å². The zero-order valence-electron chi connectivity index (χ0n) is 14.5. The normalized spacial score (nSPS) is 27.3. The average Bonchev–Trinajstić information content (AvgIpc) is 2.96.